The summed E-state index contributed by atoms with van der Waals surface area (Å²) in [7, 11) is 1.60. The van der Waals surface area contributed by atoms with Crippen LogP contribution in [0, 0.1) is 0 Å². The number of nitrogens with one attached hydrogen (secondary N) is 1. The van der Waals surface area contributed by atoms with Crippen LogP contribution >= 0.6 is 23.4 Å². The molecular weight excluding hydrogens is 434 g/mol. The summed E-state index contributed by atoms with van der Waals surface area (Å²) < 4.78 is 6.75. The zero-order valence-electron chi connectivity index (χ0n) is 16.5. The highest BCUT2D eigenvalue weighted by atomic mass is 35.5. The minimum Gasteiger partial charge on any atom is -0.497 e. The third kappa shape index (κ3) is 5.04. The fraction of sp³-hybridized carbons (Fsp3) is 0.0909. The van der Waals surface area contributed by atoms with E-state index in [1.54, 1.807) is 48.2 Å². The largest absolute Gasteiger partial charge is 0.497 e. The summed E-state index contributed by atoms with van der Waals surface area (Å²) in [6.45, 7) is 0. The normalized spacial score (nSPS) is 11.7. The van der Waals surface area contributed by atoms with Crippen molar-refractivity contribution in [2.24, 2.45) is 0 Å². The Hall–Kier alpha value is -3.36. The van der Waals surface area contributed by atoms with Gasteiger partial charge in [-0.15, -0.1) is 5.10 Å². The number of carbonyl (C=O) groups excluding carboxylic acids is 1. The average molecular weight is 452 g/mol. The first-order chi connectivity index (χ1) is 15.1. The zero-order valence-corrected chi connectivity index (χ0v) is 18.0. The molecule has 0 aliphatic rings. The van der Waals surface area contributed by atoms with E-state index in [0.717, 1.165) is 11.3 Å². The summed E-state index contributed by atoms with van der Waals surface area (Å²) >= 11 is 7.25. The van der Waals surface area contributed by atoms with Crippen molar-refractivity contribution < 1.29 is 9.53 Å². The second-order valence-electron chi connectivity index (χ2n) is 6.48. The van der Waals surface area contributed by atoms with E-state index in [2.05, 4.69) is 20.8 Å². The molecule has 1 unspecified atom stereocenters. The lowest BCUT2D eigenvalue weighted by Crippen LogP contribution is -2.19. The monoisotopic (exact) mass is 451 g/mol. The lowest BCUT2D eigenvalue weighted by atomic mass is 10.1. The van der Waals surface area contributed by atoms with Gasteiger partial charge < -0.3 is 10.1 Å². The third-order valence-corrected chi connectivity index (χ3v) is 5.87. The maximum Gasteiger partial charge on any atom is 0.242 e. The Balaban J connectivity index is 1.61. The number of halogens is 1. The van der Waals surface area contributed by atoms with Crippen LogP contribution in [0.15, 0.2) is 84.0 Å². The number of aromatic nitrogens is 4. The Morgan fingerprint density at radius 2 is 1.74 bits per heavy atom. The van der Waals surface area contributed by atoms with Gasteiger partial charge in [-0.25, -0.2) is 0 Å². The molecule has 0 aliphatic carbocycles. The van der Waals surface area contributed by atoms with E-state index in [-0.39, 0.29) is 5.91 Å². The summed E-state index contributed by atoms with van der Waals surface area (Å²) in [5, 5.41) is 15.5. The van der Waals surface area contributed by atoms with Gasteiger partial charge in [0.25, 0.3) is 0 Å². The van der Waals surface area contributed by atoms with Gasteiger partial charge in [-0.3, -0.25) is 4.79 Å². The van der Waals surface area contributed by atoms with Crippen LogP contribution in [0.5, 0.6) is 5.75 Å². The number of hydrogen-bond donors (Lipinski definition) is 1. The summed E-state index contributed by atoms with van der Waals surface area (Å²) in [5.41, 5.74) is 2.26. The zero-order chi connectivity index (χ0) is 21.6. The van der Waals surface area contributed by atoms with Crippen LogP contribution in [0.2, 0.25) is 5.02 Å². The second-order valence-corrected chi connectivity index (χ2v) is 7.98. The number of ether oxygens (including phenoxy) is 1. The Kier molecular flexibility index (Phi) is 6.49. The van der Waals surface area contributed by atoms with Gasteiger partial charge in [0.15, 0.2) is 0 Å². The molecule has 1 heterocycles. The number of tetrazole rings is 1. The predicted octanol–water partition coefficient (Wildman–Crippen LogP) is 4.80. The highest BCUT2D eigenvalue weighted by molar-refractivity contribution is 8.00. The molecule has 1 aromatic heterocycles. The maximum atomic E-state index is 13.2. The molecular formula is C22H18ClN5O2S. The molecule has 7 nitrogen and oxygen atoms in total. The van der Waals surface area contributed by atoms with Gasteiger partial charge in [-0.1, -0.05) is 53.7 Å². The molecule has 1 atom stereocenters. The van der Waals surface area contributed by atoms with Gasteiger partial charge >= 0.3 is 0 Å². The molecule has 9 heteroatoms. The van der Waals surface area contributed by atoms with Crippen LogP contribution in [-0.4, -0.2) is 33.2 Å². The Bertz CT molecular complexity index is 1150. The number of carbonyl (C=O) groups is 1. The number of rotatable bonds is 7. The van der Waals surface area contributed by atoms with Crippen LogP contribution in [0.25, 0.3) is 5.69 Å². The van der Waals surface area contributed by atoms with Crippen LogP contribution in [0.3, 0.4) is 0 Å². The summed E-state index contributed by atoms with van der Waals surface area (Å²) in [6.07, 6.45) is 0. The van der Waals surface area contributed by atoms with E-state index in [9.17, 15) is 4.79 Å². The van der Waals surface area contributed by atoms with E-state index in [1.165, 1.54) is 11.8 Å². The third-order valence-electron chi connectivity index (χ3n) is 4.43. The van der Waals surface area contributed by atoms with Crippen molar-refractivity contribution in [1.29, 1.82) is 0 Å². The Labute approximate surface area is 188 Å². The standard InChI is InChI=1S/C22H18ClN5O2S/c1-30-19-13-9-17(10-14-19)24-21(29)20(15-5-3-2-4-6-15)31-22-25-26-27-28(22)18-11-7-16(23)8-12-18/h2-14,20H,1H3,(H,24,29). The molecule has 0 aliphatic heterocycles. The highest BCUT2D eigenvalue weighted by Crippen LogP contribution is 2.36. The van der Waals surface area contributed by atoms with Gasteiger partial charge in [0.05, 0.1) is 12.8 Å². The van der Waals surface area contributed by atoms with Gasteiger partial charge in [0, 0.05) is 10.7 Å². The minimum absolute atomic E-state index is 0.188. The fourth-order valence-corrected chi connectivity index (χ4v) is 4.01. The molecule has 0 bridgehead atoms. The van der Waals surface area contributed by atoms with Crippen molar-refractivity contribution in [1.82, 2.24) is 20.2 Å². The van der Waals surface area contributed by atoms with Crippen molar-refractivity contribution in [3.05, 3.63) is 89.4 Å². The molecule has 0 radical (unpaired) electrons. The average Bonchev–Trinajstić information content (AvgIpc) is 3.27. The van der Waals surface area contributed by atoms with Crippen molar-refractivity contribution in [2.75, 3.05) is 12.4 Å². The Morgan fingerprint density at radius 3 is 2.42 bits per heavy atom. The number of nitrogens with zero attached hydrogens (tertiary/aromatic N) is 4. The number of thioether (sulfide) groups is 1. The van der Waals surface area contributed by atoms with E-state index < -0.39 is 5.25 Å². The molecule has 1 N–H and O–H groups in total. The lowest BCUT2D eigenvalue weighted by Gasteiger charge is -2.17. The molecule has 0 saturated heterocycles. The molecule has 31 heavy (non-hydrogen) atoms. The first kappa shape index (κ1) is 20.9. The van der Waals surface area contributed by atoms with Gasteiger partial charge in [0.1, 0.15) is 11.0 Å². The van der Waals surface area contributed by atoms with Crippen LogP contribution in [-0.2, 0) is 4.79 Å². The first-order valence-corrected chi connectivity index (χ1v) is 10.6. The number of hydrogen-bond acceptors (Lipinski definition) is 6. The summed E-state index contributed by atoms with van der Waals surface area (Å²) in [5.74, 6) is 0.529. The number of amides is 1. The minimum atomic E-state index is -0.569. The maximum absolute atomic E-state index is 13.2. The van der Waals surface area contributed by atoms with Gasteiger partial charge in [-0.05, 0) is 64.5 Å². The molecule has 4 aromatic rings. The smallest absolute Gasteiger partial charge is 0.242 e. The van der Waals surface area contributed by atoms with Crippen molar-refractivity contribution in [3.63, 3.8) is 0 Å². The Morgan fingerprint density at radius 1 is 1.03 bits per heavy atom. The number of benzene rings is 3. The first-order valence-electron chi connectivity index (χ1n) is 9.35. The number of methoxy groups -OCH3 is 1. The van der Waals surface area contributed by atoms with Crippen molar-refractivity contribution in [3.8, 4) is 11.4 Å². The molecule has 1 amide bonds. The van der Waals surface area contributed by atoms with E-state index in [0.29, 0.717) is 21.6 Å². The van der Waals surface area contributed by atoms with E-state index in [4.69, 9.17) is 16.3 Å². The lowest BCUT2D eigenvalue weighted by molar-refractivity contribution is -0.115. The topological polar surface area (TPSA) is 81.9 Å². The second kappa shape index (κ2) is 9.63. The van der Waals surface area contributed by atoms with Crippen LogP contribution in [0.1, 0.15) is 10.8 Å². The van der Waals surface area contributed by atoms with Crippen molar-refractivity contribution >= 4 is 35.0 Å². The van der Waals surface area contributed by atoms with E-state index in [1.807, 2.05) is 42.5 Å². The molecule has 156 valence electrons. The fourth-order valence-electron chi connectivity index (χ4n) is 2.89. The van der Waals surface area contributed by atoms with E-state index >= 15 is 0 Å². The molecule has 3 aromatic carbocycles. The summed E-state index contributed by atoms with van der Waals surface area (Å²) in [4.78, 5) is 13.2. The molecule has 0 fully saturated rings. The molecule has 0 saturated carbocycles. The molecule has 0 spiro atoms. The number of anilines is 1. The van der Waals surface area contributed by atoms with Crippen molar-refractivity contribution in [2.45, 2.75) is 10.4 Å². The highest BCUT2D eigenvalue weighted by Gasteiger charge is 2.25. The molecule has 4 rings (SSSR count). The quantitative estimate of drug-likeness (QED) is 0.406. The van der Waals surface area contributed by atoms with Crippen LogP contribution < -0.4 is 10.1 Å². The summed E-state index contributed by atoms with van der Waals surface area (Å²) in [6, 6.07) is 23.8. The van der Waals surface area contributed by atoms with Gasteiger partial charge in [-0.2, -0.15) is 4.68 Å². The van der Waals surface area contributed by atoms with Crippen LogP contribution in [0.4, 0.5) is 5.69 Å². The predicted molar refractivity (Wildman–Crippen MR) is 121 cm³/mol. The SMILES string of the molecule is COc1ccc(NC(=O)C(Sc2nnnn2-c2ccc(Cl)cc2)c2ccccc2)cc1. The van der Waals surface area contributed by atoms with Gasteiger partial charge in [0.2, 0.25) is 11.1 Å².